The van der Waals surface area contributed by atoms with E-state index in [0.29, 0.717) is 0 Å². The van der Waals surface area contributed by atoms with Gasteiger partial charge in [-0.15, -0.1) is 0 Å². The van der Waals surface area contributed by atoms with E-state index in [1.165, 1.54) is 0 Å². The van der Waals surface area contributed by atoms with Crippen molar-refractivity contribution in [2.45, 2.75) is 32.6 Å². The number of carbonyl (C=O) groups is 1. The Kier molecular flexibility index (Phi) is 6.62. The molecule has 1 unspecified atom stereocenters. The number of alkyl halides is 1. The first kappa shape index (κ1) is 11.0. The second kappa shape index (κ2) is 6.65. The molecule has 0 fully saturated rings. The van der Waals surface area contributed by atoms with Crippen LogP contribution in [-0.4, -0.2) is 16.4 Å². The molecule has 1 atom stereocenters. The molecule has 11 heavy (non-hydrogen) atoms. The molecule has 0 aliphatic rings. The van der Waals surface area contributed by atoms with Gasteiger partial charge in [-0.05, 0) is 19.3 Å². The van der Waals surface area contributed by atoms with Gasteiger partial charge in [0.15, 0.2) is 0 Å². The van der Waals surface area contributed by atoms with Gasteiger partial charge in [-0.3, -0.25) is 4.79 Å². The number of carboxylic acid groups (broad SMARTS) is 1. The average Bonchev–Trinajstić information content (AvgIpc) is 1.97. The van der Waals surface area contributed by atoms with Crippen molar-refractivity contribution in [3.8, 4) is 0 Å². The van der Waals surface area contributed by atoms with Gasteiger partial charge in [0.05, 0.1) is 5.92 Å². The summed E-state index contributed by atoms with van der Waals surface area (Å²) in [4.78, 5) is 10.6. The lowest BCUT2D eigenvalue weighted by molar-refractivity contribution is -0.142. The maximum absolute atomic E-state index is 10.6. The van der Waals surface area contributed by atoms with E-state index in [1.54, 1.807) is 0 Å². The molecular formula is C8H15BrO2. The largest absolute Gasteiger partial charge is 0.481 e. The monoisotopic (exact) mass is 222 g/mol. The van der Waals surface area contributed by atoms with Crippen molar-refractivity contribution in [1.29, 1.82) is 0 Å². The third-order valence-corrected chi connectivity index (χ3v) is 2.23. The summed E-state index contributed by atoms with van der Waals surface area (Å²) in [6.45, 7) is 2.02. The minimum absolute atomic E-state index is 0.127. The van der Waals surface area contributed by atoms with Crippen molar-refractivity contribution in [3.63, 3.8) is 0 Å². The third kappa shape index (κ3) is 5.24. The van der Waals surface area contributed by atoms with Crippen LogP contribution < -0.4 is 0 Å². The summed E-state index contributed by atoms with van der Waals surface area (Å²) in [5, 5.41) is 9.62. The molecule has 0 amide bonds. The van der Waals surface area contributed by atoms with E-state index < -0.39 is 5.97 Å². The van der Waals surface area contributed by atoms with E-state index in [9.17, 15) is 4.79 Å². The highest BCUT2D eigenvalue weighted by Gasteiger charge is 2.14. The molecule has 0 aromatic heterocycles. The summed E-state index contributed by atoms with van der Waals surface area (Å²) in [5.41, 5.74) is 0. The van der Waals surface area contributed by atoms with Crippen LogP contribution in [0.15, 0.2) is 0 Å². The lowest BCUT2D eigenvalue weighted by atomic mass is 9.99. The predicted molar refractivity (Wildman–Crippen MR) is 49.1 cm³/mol. The Hall–Kier alpha value is -0.0500. The standard InChI is InChI=1S/C8H15BrO2/c1-2-4-7(8(10)11)5-3-6-9/h7H,2-6H2,1H3,(H,10,11). The topological polar surface area (TPSA) is 37.3 Å². The van der Waals surface area contributed by atoms with E-state index in [1.807, 2.05) is 6.92 Å². The van der Waals surface area contributed by atoms with Gasteiger partial charge in [-0.25, -0.2) is 0 Å². The maximum atomic E-state index is 10.6. The van der Waals surface area contributed by atoms with Gasteiger partial charge in [0.1, 0.15) is 0 Å². The van der Waals surface area contributed by atoms with Gasteiger partial charge in [-0.1, -0.05) is 29.3 Å². The number of hydrogen-bond acceptors (Lipinski definition) is 1. The second-order valence-electron chi connectivity index (χ2n) is 2.66. The second-order valence-corrected chi connectivity index (χ2v) is 3.45. The lowest BCUT2D eigenvalue weighted by Gasteiger charge is -2.08. The number of carboxylic acids is 1. The van der Waals surface area contributed by atoms with Gasteiger partial charge in [-0.2, -0.15) is 0 Å². The molecule has 3 heteroatoms. The molecule has 0 aliphatic carbocycles. The van der Waals surface area contributed by atoms with Gasteiger partial charge in [0.2, 0.25) is 0 Å². The molecule has 2 nitrogen and oxygen atoms in total. The van der Waals surface area contributed by atoms with Gasteiger partial charge >= 0.3 is 5.97 Å². The van der Waals surface area contributed by atoms with Crippen LogP contribution in [0.4, 0.5) is 0 Å². The molecule has 0 radical (unpaired) electrons. The van der Waals surface area contributed by atoms with Gasteiger partial charge in [0.25, 0.3) is 0 Å². The molecule has 0 aliphatic heterocycles. The molecule has 1 N–H and O–H groups in total. The molecule has 0 aromatic carbocycles. The Bertz CT molecular complexity index is 115. The van der Waals surface area contributed by atoms with Crippen LogP contribution in [0.1, 0.15) is 32.6 Å². The Morgan fingerprint density at radius 2 is 2.18 bits per heavy atom. The Morgan fingerprint density at radius 1 is 1.55 bits per heavy atom. The highest BCUT2D eigenvalue weighted by molar-refractivity contribution is 9.09. The van der Waals surface area contributed by atoms with Crippen molar-refractivity contribution in [2.24, 2.45) is 5.92 Å². The molecule has 66 valence electrons. The molecule has 0 rings (SSSR count). The quantitative estimate of drug-likeness (QED) is 0.703. The van der Waals surface area contributed by atoms with Crippen LogP contribution in [0.3, 0.4) is 0 Å². The number of halogens is 1. The zero-order valence-electron chi connectivity index (χ0n) is 6.85. The molecule has 0 saturated heterocycles. The van der Waals surface area contributed by atoms with Crippen LogP contribution >= 0.6 is 15.9 Å². The summed E-state index contributed by atoms with van der Waals surface area (Å²) in [6.07, 6.45) is 3.52. The zero-order chi connectivity index (χ0) is 8.69. The van der Waals surface area contributed by atoms with Crippen LogP contribution in [0.2, 0.25) is 0 Å². The minimum atomic E-state index is -0.646. The van der Waals surface area contributed by atoms with Crippen LogP contribution in [0.5, 0.6) is 0 Å². The van der Waals surface area contributed by atoms with E-state index in [4.69, 9.17) is 5.11 Å². The molecule has 0 bridgehead atoms. The zero-order valence-corrected chi connectivity index (χ0v) is 8.43. The fraction of sp³-hybridized carbons (Fsp3) is 0.875. The van der Waals surface area contributed by atoms with Gasteiger partial charge < -0.3 is 5.11 Å². The normalized spacial score (nSPS) is 12.9. The van der Waals surface area contributed by atoms with E-state index >= 15 is 0 Å². The first-order chi connectivity index (χ1) is 5.22. The van der Waals surface area contributed by atoms with Crippen molar-refractivity contribution in [3.05, 3.63) is 0 Å². The number of rotatable bonds is 6. The van der Waals surface area contributed by atoms with Crippen molar-refractivity contribution in [2.75, 3.05) is 5.33 Å². The maximum Gasteiger partial charge on any atom is 0.306 e. The first-order valence-corrected chi connectivity index (χ1v) is 5.13. The van der Waals surface area contributed by atoms with Crippen molar-refractivity contribution in [1.82, 2.24) is 0 Å². The Balaban J connectivity index is 3.60. The number of aliphatic carboxylic acids is 1. The van der Waals surface area contributed by atoms with Crippen molar-refractivity contribution >= 4 is 21.9 Å². The summed E-state index contributed by atoms with van der Waals surface area (Å²) in [7, 11) is 0. The van der Waals surface area contributed by atoms with Crippen LogP contribution in [0.25, 0.3) is 0 Å². The average molecular weight is 223 g/mol. The lowest BCUT2D eigenvalue weighted by Crippen LogP contribution is -2.13. The highest BCUT2D eigenvalue weighted by Crippen LogP contribution is 2.14. The fourth-order valence-corrected chi connectivity index (χ4v) is 1.39. The summed E-state index contributed by atoms with van der Waals surface area (Å²) in [6, 6.07) is 0. The van der Waals surface area contributed by atoms with E-state index in [2.05, 4.69) is 15.9 Å². The third-order valence-electron chi connectivity index (χ3n) is 1.67. The van der Waals surface area contributed by atoms with E-state index in [-0.39, 0.29) is 5.92 Å². The van der Waals surface area contributed by atoms with Crippen LogP contribution in [0, 0.1) is 5.92 Å². The molecule has 0 saturated carbocycles. The molecule has 0 heterocycles. The smallest absolute Gasteiger partial charge is 0.306 e. The van der Waals surface area contributed by atoms with E-state index in [0.717, 1.165) is 31.0 Å². The van der Waals surface area contributed by atoms with Crippen LogP contribution in [-0.2, 0) is 4.79 Å². The highest BCUT2D eigenvalue weighted by atomic mass is 79.9. The predicted octanol–water partition coefficient (Wildman–Crippen LogP) is 2.66. The Morgan fingerprint density at radius 3 is 2.55 bits per heavy atom. The van der Waals surface area contributed by atoms with Crippen molar-refractivity contribution < 1.29 is 9.90 Å². The molecule has 0 aromatic rings. The first-order valence-electron chi connectivity index (χ1n) is 4.01. The molecular weight excluding hydrogens is 208 g/mol. The number of hydrogen-bond donors (Lipinski definition) is 1. The Labute approximate surface area is 76.1 Å². The summed E-state index contributed by atoms with van der Waals surface area (Å²) < 4.78 is 0. The molecule has 0 spiro atoms. The fourth-order valence-electron chi connectivity index (χ4n) is 1.06. The van der Waals surface area contributed by atoms with Gasteiger partial charge in [0, 0.05) is 5.33 Å². The summed E-state index contributed by atoms with van der Waals surface area (Å²) in [5.74, 6) is -0.773. The SMILES string of the molecule is CCCC(CCCBr)C(=O)O. The summed E-state index contributed by atoms with van der Waals surface area (Å²) >= 11 is 3.29. The minimum Gasteiger partial charge on any atom is -0.481 e.